The van der Waals surface area contributed by atoms with E-state index in [1.807, 2.05) is 54.6 Å². The molecule has 5 heteroatoms. The quantitative estimate of drug-likeness (QED) is 0.665. The summed E-state index contributed by atoms with van der Waals surface area (Å²) in [5.41, 5.74) is 2.88. The maximum absolute atomic E-state index is 12.4. The topological polar surface area (TPSA) is 86.6 Å². The lowest BCUT2D eigenvalue weighted by Crippen LogP contribution is -2.23. The van der Waals surface area contributed by atoms with Crippen LogP contribution >= 0.6 is 0 Å². The Morgan fingerprint density at radius 2 is 1.56 bits per heavy atom. The maximum Gasteiger partial charge on any atom is 0.251 e. The van der Waals surface area contributed by atoms with Gasteiger partial charge in [-0.1, -0.05) is 54.6 Å². The molecule has 27 heavy (non-hydrogen) atoms. The Balaban J connectivity index is 1.74. The SMILES string of the molecule is Cc1cc(=O)c(O)c(O)cc1C(=O)NCc1ccc(-c2ccccc2)cc1. The van der Waals surface area contributed by atoms with Gasteiger partial charge in [-0.15, -0.1) is 0 Å². The number of hydrogen-bond acceptors (Lipinski definition) is 4. The fraction of sp³-hybridized carbons (Fsp3) is 0.0909. The Morgan fingerprint density at radius 1 is 0.926 bits per heavy atom. The number of hydrogen-bond donors (Lipinski definition) is 3. The highest BCUT2D eigenvalue weighted by Crippen LogP contribution is 2.22. The normalized spacial score (nSPS) is 10.4. The number of nitrogens with one attached hydrogen (secondary N) is 1. The summed E-state index contributed by atoms with van der Waals surface area (Å²) in [5, 5.41) is 22.0. The summed E-state index contributed by atoms with van der Waals surface area (Å²) in [5.74, 6) is -1.83. The van der Waals surface area contributed by atoms with E-state index in [-0.39, 0.29) is 5.56 Å². The molecule has 0 bridgehead atoms. The number of amides is 1. The van der Waals surface area contributed by atoms with E-state index in [0.29, 0.717) is 12.1 Å². The van der Waals surface area contributed by atoms with E-state index in [2.05, 4.69) is 5.32 Å². The third kappa shape index (κ3) is 4.15. The van der Waals surface area contributed by atoms with Crippen molar-refractivity contribution < 1.29 is 15.0 Å². The molecule has 0 atom stereocenters. The van der Waals surface area contributed by atoms with Crippen LogP contribution in [-0.4, -0.2) is 16.1 Å². The van der Waals surface area contributed by atoms with Crippen molar-refractivity contribution in [2.75, 3.05) is 0 Å². The van der Waals surface area contributed by atoms with Crippen molar-refractivity contribution >= 4 is 5.91 Å². The molecule has 0 saturated heterocycles. The van der Waals surface area contributed by atoms with Gasteiger partial charge in [0.2, 0.25) is 11.2 Å². The predicted molar refractivity (Wildman–Crippen MR) is 104 cm³/mol. The molecule has 5 nitrogen and oxygen atoms in total. The fourth-order valence-corrected chi connectivity index (χ4v) is 2.76. The van der Waals surface area contributed by atoms with Gasteiger partial charge in [0.25, 0.3) is 5.91 Å². The molecule has 1 amide bonds. The van der Waals surface area contributed by atoms with E-state index in [1.54, 1.807) is 6.92 Å². The average molecular weight is 361 g/mol. The van der Waals surface area contributed by atoms with Gasteiger partial charge in [-0.3, -0.25) is 9.59 Å². The second kappa shape index (κ2) is 7.74. The number of carbonyl (C=O) groups excluding carboxylic acids is 1. The molecule has 3 aromatic carbocycles. The van der Waals surface area contributed by atoms with Gasteiger partial charge in [0.1, 0.15) is 0 Å². The van der Waals surface area contributed by atoms with Crippen LogP contribution in [0.5, 0.6) is 11.5 Å². The summed E-state index contributed by atoms with van der Waals surface area (Å²) >= 11 is 0. The van der Waals surface area contributed by atoms with Crippen LogP contribution in [0.3, 0.4) is 0 Å². The minimum absolute atomic E-state index is 0.130. The van der Waals surface area contributed by atoms with Crippen molar-refractivity contribution in [1.29, 1.82) is 0 Å². The van der Waals surface area contributed by atoms with E-state index in [4.69, 9.17) is 0 Å². The largest absolute Gasteiger partial charge is 0.504 e. The van der Waals surface area contributed by atoms with Crippen molar-refractivity contribution in [3.63, 3.8) is 0 Å². The van der Waals surface area contributed by atoms with Crippen molar-refractivity contribution in [2.45, 2.75) is 13.5 Å². The van der Waals surface area contributed by atoms with Crippen LogP contribution in [-0.2, 0) is 6.54 Å². The molecular formula is C22H19NO4. The van der Waals surface area contributed by atoms with Gasteiger partial charge in [0.15, 0.2) is 5.75 Å². The monoisotopic (exact) mass is 361 g/mol. The zero-order chi connectivity index (χ0) is 19.4. The highest BCUT2D eigenvalue weighted by molar-refractivity contribution is 5.96. The van der Waals surface area contributed by atoms with Crippen LogP contribution in [0.15, 0.2) is 71.5 Å². The van der Waals surface area contributed by atoms with Crippen LogP contribution in [0, 0.1) is 6.92 Å². The molecule has 3 rings (SSSR count). The molecule has 0 aliphatic rings. The van der Waals surface area contributed by atoms with E-state index in [1.165, 1.54) is 0 Å². The van der Waals surface area contributed by atoms with Gasteiger partial charge in [0.05, 0.1) is 0 Å². The third-order valence-electron chi connectivity index (χ3n) is 4.29. The smallest absolute Gasteiger partial charge is 0.251 e. The summed E-state index contributed by atoms with van der Waals surface area (Å²) in [4.78, 5) is 24.1. The van der Waals surface area contributed by atoms with E-state index >= 15 is 0 Å². The van der Waals surface area contributed by atoms with Gasteiger partial charge in [-0.2, -0.15) is 0 Å². The van der Waals surface area contributed by atoms with Gasteiger partial charge in [0, 0.05) is 12.1 Å². The second-order valence-electron chi connectivity index (χ2n) is 6.23. The number of carbonyl (C=O) groups is 1. The van der Waals surface area contributed by atoms with Crippen LogP contribution < -0.4 is 10.7 Å². The summed E-state index contributed by atoms with van der Waals surface area (Å²) < 4.78 is 0. The molecule has 3 aromatic rings. The predicted octanol–water partition coefficient (Wildman–Crippen LogP) is 3.36. The Bertz CT molecular complexity index is 1030. The summed E-state index contributed by atoms with van der Waals surface area (Å²) in [6.07, 6.45) is 0. The van der Waals surface area contributed by atoms with Gasteiger partial charge in [-0.05, 0) is 41.3 Å². The number of aryl methyl sites for hydroxylation is 1. The molecule has 0 saturated carbocycles. The van der Waals surface area contributed by atoms with Crippen molar-refractivity contribution in [2.24, 2.45) is 0 Å². The molecule has 3 N–H and O–H groups in total. The van der Waals surface area contributed by atoms with Crippen molar-refractivity contribution in [1.82, 2.24) is 5.32 Å². The maximum atomic E-state index is 12.4. The molecule has 0 fully saturated rings. The molecule has 0 unspecified atom stereocenters. The van der Waals surface area contributed by atoms with Gasteiger partial charge < -0.3 is 15.5 Å². The Morgan fingerprint density at radius 3 is 2.22 bits per heavy atom. The van der Waals surface area contributed by atoms with E-state index in [9.17, 15) is 19.8 Å². The molecular weight excluding hydrogens is 342 g/mol. The lowest BCUT2D eigenvalue weighted by atomic mass is 10.0. The van der Waals surface area contributed by atoms with Gasteiger partial charge >= 0.3 is 0 Å². The second-order valence-corrected chi connectivity index (χ2v) is 6.23. The number of rotatable bonds is 4. The molecule has 0 aliphatic heterocycles. The summed E-state index contributed by atoms with van der Waals surface area (Å²) in [6, 6.07) is 20.0. The number of benzene rings is 2. The minimum Gasteiger partial charge on any atom is -0.504 e. The zero-order valence-corrected chi connectivity index (χ0v) is 14.8. The molecule has 0 aliphatic carbocycles. The number of aromatic hydroxyl groups is 2. The lowest BCUT2D eigenvalue weighted by molar-refractivity contribution is 0.0950. The van der Waals surface area contributed by atoms with Gasteiger partial charge in [-0.25, -0.2) is 0 Å². The van der Waals surface area contributed by atoms with Crippen LogP contribution in [0.1, 0.15) is 21.5 Å². The first-order valence-corrected chi connectivity index (χ1v) is 8.45. The fourth-order valence-electron chi connectivity index (χ4n) is 2.76. The van der Waals surface area contributed by atoms with E-state index < -0.39 is 22.8 Å². The first kappa shape index (κ1) is 18.2. The Hall–Kier alpha value is -3.60. The first-order chi connectivity index (χ1) is 13.0. The van der Waals surface area contributed by atoms with E-state index in [0.717, 1.165) is 28.8 Å². The van der Waals surface area contributed by atoms with Crippen LogP contribution in [0.25, 0.3) is 11.1 Å². The summed E-state index contributed by atoms with van der Waals surface area (Å²) in [6.45, 7) is 1.87. The molecule has 136 valence electrons. The lowest BCUT2D eigenvalue weighted by Gasteiger charge is -2.08. The molecule has 0 radical (unpaired) electrons. The Kier molecular flexibility index (Phi) is 5.22. The highest BCUT2D eigenvalue weighted by Gasteiger charge is 2.13. The zero-order valence-electron chi connectivity index (χ0n) is 14.8. The first-order valence-electron chi connectivity index (χ1n) is 8.45. The van der Waals surface area contributed by atoms with Crippen LogP contribution in [0.4, 0.5) is 0 Å². The van der Waals surface area contributed by atoms with Crippen molar-refractivity contribution in [3.05, 3.63) is 93.6 Å². The highest BCUT2D eigenvalue weighted by atomic mass is 16.3. The standard InChI is InChI=1S/C22H19NO4/c1-14-11-19(24)21(26)20(25)12-18(14)22(27)23-13-15-7-9-17(10-8-15)16-5-3-2-4-6-16/h2-12H,13H2,1H3,(H,23,27)(H2,24,25,26). The summed E-state index contributed by atoms with van der Waals surface area (Å²) in [7, 11) is 0. The molecule has 0 heterocycles. The van der Waals surface area contributed by atoms with Crippen molar-refractivity contribution in [3.8, 4) is 22.6 Å². The molecule has 0 spiro atoms. The molecule has 0 aromatic heterocycles. The van der Waals surface area contributed by atoms with Crippen LogP contribution in [0.2, 0.25) is 0 Å². The Labute approximate surface area is 156 Å². The minimum atomic E-state index is -0.770. The average Bonchev–Trinajstić information content (AvgIpc) is 2.78. The third-order valence-corrected chi connectivity index (χ3v) is 4.29.